The Kier molecular flexibility index (Phi) is 4.16. The standard InChI is InChI=1S/C15H20N4O3/c1-9(20)19-7-13(21)18-12(14(19)22)5-11-10(15(2,3)4)6-16-8-17-11/h5,8H,6-7H2,1-4H3,(H,16,17)(H,18,21)/b12-5-. The molecule has 0 radical (unpaired) electrons. The van der Waals surface area contributed by atoms with Crippen LogP contribution < -0.4 is 10.6 Å². The molecule has 0 aromatic rings. The number of amides is 3. The van der Waals surface area contributed by atoms with E-state index in [0.717, 1.165) is 16.2 Å². The first-order valence-electron chi connectivity index (χ1n) is 7.02. The molecule has 0 unspecified atom stereocenters. The van der Waals surface area contributed by atoms with Gasteiger partial charge in [-0.1, -0.05) is 20.8 Å². The van der Waals surface area contributed by atoms with Gasteiger partial charge >= 0.3 is 0 Å². The van der Waals surface area contributed by atoms with E-state index in [9.17, 15) is 14.4 Å². The maximum Gasteiger partial charge on any atom is 0.277 e. The fourth-order valence-corrected chi connectivity index (χ4v) is 2.29. The summed E-state index contributed by atoms with van der Waals surface area (Å²) in [6.07, 6.45) is 3.13. The highest BCUT2D eigenvalue weighted by atomic mass is 16.2. The quantitative estimate of drug-likeness (QED) is 0.682. The largest absolute Gasteiger partial charge is 0.347 e. The molecule has 1 fully saturated rings. The van der Waals surface area contributed by atoms with Gasteiger partial charge in [0, 0.05) is 12.6 Å². The summed E-state index contributed by atoms with van der Waals surface area (Å²) < 4.78 is 0. The molecule has 0 aromatic heterocycles. The molecule has 118 valence electrons. The van der Waals surface area contributed by atoms with Crippen molar-refractivity contribution in [1.82, 2.24) is 15.5 Å². The number of hydrogen-bond donors (Lipinski definition) is 2. The first-order chi connectivity index (χ1) is 10.2. The van der Waals surface area contributed by atoms with Gasteiger partial charge in [-0.25, -0.2) is 0 Å². The van der Waals surface area contributed by atoms with E-state index >= 15 is 0 Å². The lowest BCUT2D eigenvalue weighted by molar-refractivity contribution is -0.147. The maximum absolute atomic E-state index is 12.3. The molecule has 7 nitrogen and oxygen atoms in total. The fraction of sp³-hybridized carbons (Fsp3) is 0.467. The van der Waals surface area contributed by atoms with Crippen molar-refractivity contribution >= 4 is 24.1 Å². The third-order valence-electron chi connectivity index (χ3n) is 3.51. The summed E-state index contributed by atoms with van der Waals surface area (Å²) in [5, 5.41) is 5.54. The zero-order chi connectivity index (χ0) is 16.5. The zero-order valence-corrected chi connectivity index (χ0v) is 13.2. The number of nitrogens with zero attached hydrogens (tertiary/aromatic N) is 2. The molecule has 0 aromatic carbocycles. The van der Waals surface area contributed by atoms with Crippen LogP contribution in [0.25, 0.3) is 0 Å². The van der Waals surface area contributed by atoms with Crippen LogP contribution in [0.15, 0.2) is 28.0 Å². The molecular weight excluding hydrogens is 284 g/mol. The van der Waals surface area contributed by atoms with Crippen LogP contribution >= 0.6 is 0 Å². The van der Waals surface area contributed by atoms with Gasteiger partial charge in [0.05, 0.1) is 12.9 Å². The predicted octanol–water partition coefficient (Wildman–Crippen LogP) is 0.307. The zero-order valence-electron chi connectivity index (χ0n) is 13.2. The molecule has 1 saturated heterocycles. The molecule has 0 spiro atoms. The van der Waals surface area contributed by atoms with Crippen molar-refractivity contribution in [2.24, 2.45) is 10.4 Å². The minimum absolute atomic E-state index is 0.0889. The highest BCUT2D eigenvalue weighted by Crippen LogP contribution is 2.29. The second-order valence-corrected chi connectivity index (χ2v) is 6.27. The van der Waals surface area contributed by atoms with E-state index in [0.29, 0.717) is 6.54 Å². The molecule has 2 aliphatic heterocycles. The second kappa shape index (κ2) is 5.75. The van der Waals surface area contributed by atoms with Crippen molar-refractivity contribution < 1.29 is 14.4 Å². The lowest BCUT2D eigenvalue weighted by atomic mass is 9.84. The number of allylic oxidation sites excluding steroid dienone is 1. The predicted molar refractivity (Wildman–Crippen MR) is 81.6 cm³/mol. The van der Waals surface area contributed by atoms with Crippen LogP contribution in [-0.4, -0.2) is 42.0 Å². The first-order valence-corrected chi connectivity index (χ1v) is 7.02. The second-order valence-electron chi connectivity index (χ2n) is 6.27. The summed E-state index contributed by atoms with van der Waals surface area (Å²) in [5.41, 5.74) is 1.69. The SMILES string of the molecule is CC(=O)N1CC(=O)N/C(=C\C2=C(C(C)(C)C)CN=CN2)C1=O. The van der Waals surface area contributed by atoms with Crippen molar-refractivity contribution in [3.05, 3.63) is 23.0 Å². The minimum Gasteiger partial charge on any atom is -0.347 e. The molecular formula is C15H20N4O3. The van der Waals surface area contributed by atoms with E-state index in [1.54, 1.807) is 12.4 Å². The molecule has 0 bridgehead atoms. The van der Waals surface area contributed by atoms with Crippen molar-refractivity contribution in [3.8, 4) is 0 Å². The molecule has 0 atom stereocenters. The number of rotatable bonds is 1. The minimum atomic E-state index is -0.503. The van der Waals surface area contributed by atoms with Crippen LogP contribution in [0.4, 0.5) is 0 Å². The fourth-order valence-electron chi connectivity index (χ4n) is 2.29. The topological polar surface area (TPSA) is 90.9 Å². The van der Waals surface area contributed by atoms with E-state index in [2.05, 4.69) is 15.6 Å². The third-order valence-corrected chi connectivity index (χ3v) is 3.51. The number of aliphatic imine (C=N–C) groups is 1. The number of imide groups is 1. The first kappa shape index (κ1) is 15.9. The highest BCUT2D eigenvalue weighted by Gasteiger charge is 2.31. The van der Waals surface area contributed by atoms with Crippen LogP contribution in [0.5, 0.6) is 0 Å². The summed E-state index contributed by atoms with van der Waals surface area (Å²) in [6.45, 7) is 7.69. The lowest BCUT2D eigenvalue weighted by Gasteiger charge is -2.29. The summed E-state index contributed by atoms with van der Waals surface area (Å²) in [4.78, 5) is 40.6. The van der Waals surface area contributed by atoms with Gasteiger partial charge in [-0.3, -0.25) is 24.3 Å². The van der Waals surface area contributed by atoms with E-state index in [4.69, 9.17) is 0 Å². The Morgan fingerprint density at radius 1 is 1.36 bits per heavy atom. The molecule has 22 heavy (non-hydrogen) atoms. The Morgan fingerprint density at radius 3 is 2.64 bits per heavy atom. The smallest absolute Gasteiger partial charge is 0.277 e. The van der Waals surface area contributed by atoms with Crippen LogP contribution in [0.2, 0.25) is 0 Å². The van der Waals surface area contributed by atoms with Crippen molar-refractivity contribution in [3.63, 3.8) is 0 Å². The Morgan fingerprint density at radius 2 is 2.05 bits per heavy atom. The summed E-state index contributed by atoms with van der Waals surface area (Å²) >= 11 is 0. The van der Waals surface area contributed by atoms with Gasteiger partial charge in [0.2, 0.25) is 11.8 Å². The van der Waals surface area contributed by atoms with Gasteiger partial charge in [-0.2, -0.15) is 0 Å². The van der Waals surface area contributed by atoms with Gasteiger partial charge in [0.1, 0.15) is 12.2 Å². The van der Waals surface area contributed by atoms with E-state index in [1.165, 1.54) is 6.92 Å². The lowest BCUT2D eigenvalue weighted by Crippen LogP contribution is -2.51. The number of hydrogen-bond acceptors (Lipinski definition) is 5. The van der Waals surface area contributed by atoms with Crippen molar-refractivity contribution in [1.29, 1.82) is 0 Å². The molecule has 2 aliphatic rings. The summed E-state index contributed by atoms with van der Waals surface area (Å²) in [5.74, 6) is -1.34. The van der Waals surface area contributed by atoms with Gasteiger partial charge in [-0.05, 0) is 17.1 Å². The average molecular weight is 304 g/mol. The average Bonchev–Trinajstić information content (AvgIpc) is 2.41. The van der Waals surface area contributed by atoms with Gasteiger partial charge in [0.15, 0.2) is 0 Å². The van der Waals surface area contributed by atoms with Gasteiger partial charge in [-0.15, -0.1) is 0 Å². The number of piperazine rings is 1. The van der Waals surface area contributed by atoms with Gasteiger partial charge in [0.25, 0.3) is 5.91 Å². The number of carbonyl (C=O) groups is 3. The maximum atomic E-state index is 12.3. The monoisotopic (exact) mass is 304 g/mol. The summed E-state index contributed by atoms with van der Waals surface area (Å²) in [6, 6.07) is 0. The Balaban J connectivity index is 2.41. The third kappa shape index (κ3) is 3.24. The molecule has 7 heteroatoms. The molecule has 2 heterocycles. The van der Waals surface area contributed by atoms with Crippen LogP contribution in [0.3, 0.4) is 0 Å². The molecule has 2 rings (SSSR count). The van der Waals surface area contributed by atoms with Crippen molar-refractivity contribution in [2.75, 3.05) is 13.1 Å². The van der Waals surface area contributed by atoms with Gasteiger partial charge < -0.3 is 10.6 Å². The molecule has 2 N–H and O–H groups in total. The van der Waals surface area contributed by atoms with E-state index < -0.39 is 11.8 Å². The van der Waals surface area contributed by atoms with E-state index in [-0.39, 0.29) is 23.6 Å². The van der Waals surface area contributed by atoms with E-state index in [1.807, 2.05) is 20.8 Å². The summed E-state index contributed by atoms with van der Waals surface area (Å²) in [7, 11) is 0. The van der Waals surface area contributed by atoms with Crippen molar-refractivity contribution in [2.45, 2.75) is 27.7 Å². The number of carbonyl (C=O) groups excluding carboxylic acids is 3. The van der Waals surface area contributed by atoms with Crippen LogP contribution in [-0.2, 0) is 14.4 Å². The van der Waals surface area contributed by atoms with Crippen LogP contribution in [0.1, 0.15) is 27.7 Å². The molecule has 3 amide bonds. The molecule has 0 aliphatic carbocycles. The normalized spacial score (nSPS) is 21.1. The Labute approximate surface area is 129 Å². The molecule has 0 saturated carbocycles. The van der Waals surface area contributed by atoms with Crippen LogP contribution in [0, 0.1) is 5.41 Å². The Hall–Kier alpha value is -2.44. The Bertz CT molecular complexity index is 623. The highest BCUT2D eigenvalue weighted by molar-refractivity contribution is 6.10. The number of nitrogens with one attached hydrogen (secondary N) is 2.